The van der Waals surface area contributed by atoms with Gasteiger partial charge in [-0.2, -0.15) is 0 Å². The van der Waals surface area contributed by atoms with Crippen LogP contribution in [0.1, 0.15) is 33.0 Å². The summed E-state index contributed by atoms with van der Waals surface area (Å²) in [6.45, 7) is 10.3. The normalized spacial score (nSPS) is 18.0. The second-order valence-electron chi connectivity index (χ2n) is 7.94. The van der Waals surface area contributed by atoms with Gasteiger partial charge in [-0.1, -0.05) is 23.2 Å². The van der Waals surface area contributed by atoms with Gasteiger partial charge in [0.2, 0.25) is 0 Å². The van der Waals surface area contributed by atoms with Gasteiger partial charge in [0.25, 0.3) is 5.82 Å². The van der Waals surface area contributed by atoms with Crippen molar-refractivity contribution in [3.8, 4) is 0 Å². The number of fused-ring (bicyclic) bond motifs is 4. The van der Waals surface area contributed by atoms with Crippen LogP contribution in [0, 0.1) is 0 Å². The molecule has 2 aliphatic rings. The maximum absolute atomic E-state index is 6.31. The van der Waals surface area contributed by atoms with Crippen molar-refractivity contribution in [2.24, 2.45) is 0 Å². The summed E-state index contributed by atoms with van der Waals surface area (Å²) in [6.07, 6.45) is 5.61. The zero-order valence-corrected chi connectivity index (χ0v) is 19.7. The Kier molecular flexibility index (Phi) is 5.23. The molecule has 0 aliphatic carbocycles. The molecule has 31 heavy (non-hydrogen) atoms. The minimum Gasteiger partial charge on any atom is -0.326 e. The lowest BCUT2D eigenvalue weighted by atomic mass is 10.2. The fourth-order valence-electron chi connectivity index (χ4n) is 5.06. The third-order valence-corrected chi connectivity index (χ3v) is 6.85. The summed E-state index contributed by atoms with van der Waals surface area (Å²) in [5, 5.41) is 1.56. The quantitative estimate of drug-likeness (QED) is 0.433. The van der Waals surface area contributed by atoms with E-state index in [1.807, 2.05) is 12.1 Å². The number of halogens is 2. The van der Waals surface area contributed by atoms with E-state index in [-0.39, 0.29) is 0 Å². The van der Waals surface area contributed by atoms with Crippen LogP contribution in [-0.4, -0.2) is 17.7 Å². The molecule has 0 radical (unpaired) electrons. The first-order valence-corrected chi connectivity index (χ1v) is 11.8. The predicted octanol–water partition coefficient (Wildman–Crippen LogP) is 6.25. The van der Waals surface area contributed by atoms with Crippen molar-refractivity contribution in [1.29, 1.82) is 0 Å². The lowest BCUT2D eigenvalue weighted by Gasteiger charge is -2.23. The third-order valence-electron chi connectivity index (χ3n) is 6.38. The largest absolute Gasteiger partial charge is 0.326 e. The molecule has 0 fully saturated rings. The molecule has 3 aromatic rings. The smallest absolute Gasteiger partial charge is 0.285 e. The van der Waals surface area contributed by atoms with Crippen LogP contribution in [0.5, 0.6) is 0 Å². The van der Waals surface area contributed by atoms with Crippen LogP contribution in [0.3, 0.4) is 0 Å². The van der Waals surface area contributed by atoms with E-state index in [9.17, 15) is 0 Å². The van der Waals surface area contributed by atoms with Gasteiger partial charge >= 0.3 is 0 Å². The number of rotatable bonds is 4. The van der Waals surface area contributed by atoms with E-state index in [1.165, 1.54) is 39.6 Å². The molecule has 160 valence electrons. The van der Waals surface area contributed by atoms with Gasteiger partial charge in [-0.25, -0.2) is 9.13 Å². The Hall–Kier alpha value is -2.43. The molecule has 0 unspecified atom stereocenters. The molecule has 0 saturated carbocycles. The highest BCUT2D eigenvalue weighted by atomic mass is 35.5. The van der Waals surface area contributed by atoms with Gasteiger partial charge in [-0.3, -0.25) is 0 Å². The topological polar surface area (TPSA) is 15.3 Å². The zero-order valence-electron chi connectivity index (χ0n) is 18.2. The molecule has 2 aliphatic heterocycles. The van der Waals surface area contributed by atoms with Crippen molar-refractivity contribution in [3.63, 3.8) is 0 Å². The predicted molar refractivity (Wildman–Crippen MR) is 131 cm³/mol. The average Bonchev–Trinajstić information content (AvgIpc) is 3.40. The highest BCUT2D eigenvalue weighted by Crippen LogP contribution is 2.43. The lowest BCUT2D eigenvalue weighted by molar-refractivity contribution is -0.670. The van der Waals surface area contributed by atoms with Crippen LogP contribution in [0.2, 0.25) is 10.0 Å². The number of benzene rings is 2. The Bertz CT molecular complexity index is 1240. The number of allylic oxidation sites excluding steroid dienone is 3. The molecular formula is C25H27Cl2N4+. The minimum atomic E-state index is 0.774. The third kappa shape index (κ3) is 3.16. The van der Waals surface area contributed by atoms with Crippen molar-refractivity contribution in [1.82, 2.24) is 4.57 Å². The molecule has 0 bridgehead atoms. The van der Waals surface area contributed by atoms with E-state index in [0.29, 0.717) is 0 Å². The van der Waals surface area contributed by atoms with Crippen molar-refractivity contribution in [2.75, 3.05) is 22.9 Å². The molecule has 0 saturated heterocycles. The summed E-state index contributed by atoms with van der Waals surface area (Å²) in [7, 11) is 0. The minimum absolute atomic E-state index is 0.774. The Labute approximate surface area is 193 Å². The number of hydrogen-bond donors (Lipinski definition) is 0. The molecule has 4 nitrogen and oxygen atoms in total. The van der Waals surface area contributed by atoms with Crippen LogP contribution < -0.4 is 14.4 Å². The number of nitrogens with zero attached hydrogens (tertiary/aromatic N) is 4. The molecule has 6 heteroatoms. The van der Waals surface area contributed by atoms with Gasteiger partial charge in [0.1, 0.15) is 5.82 Å². The fourth-order valence-corrected chi connectivity index (χ4v) is 5.40. The molecule has 5 rings (SSSR count). The highest BCUT2D eigenvalue weighted by Gasteiger charge is 2.33. The van der Waals surface area contributed by atoms with Crippen LogP contribution in [0.15, 0.2) is 54.4 Å². The van der Waals surface area contributed by atoms with Crippen molar-refractivity contribution in [2.45, 2.75) is 40.3 Å². The maximum atomic E-state index is 6.31. The van der Waals surface area contributed by atoms with E-state index in [0.717, 1.165) is 42.6 Å². The fraction of sp³-hybridized carbons (Fsp3) is 0.320. The molecule has 0 atom stereocenters. The summed E-state index contributed by atoms with van der Waals surface area (Å²) in [6, 6.07) is 12.4. The maximum Gasteiger partial charge on any atom is 0.285 e. The van der Waals surface area contributed by atoms with E-state index >= 15 is 0 Å². The Balaban J connectivity index is 1.61. The van der Waals surface area contributed by atoms with Gasteiger partial charge in [0.15, 0.2) is 11.0 Å². The molecule has 0 N–H and O–H groups in total. The highest BCUT2D eigenvalue weighted by molar-refractivity contribution is 6.31. The number of aryl methyl sites for hydroxylation is 2. The first-order chi connectivity index (χ1) is 15.1. The van der Waals surface area contributed by atoms with Crippen LogP contribution >= 0.6 is 23.2 Å². The number of aromatic nitrogens is 2. The summed E-state index contributed by atoms with van der Waals surface area (Å²) in [5.74, 6) is 2.50. The number of hydrogen-bond acceptors (Lipinski definition) is 2. The Morgan fingerprint density at radius 3 is 2.35 bits per heavy atom. The van der Waals surface area contributed by atoms with Crippen LogP contribution in [0.25, 0.3) is 16.6 Å². The van der Waals surface area contributed by atoms with E-state index in [2.05, 4.69) is 76.1 Å². The van der Waals surface area contributed by atoms with Gasteiger partial charge in [0, 0.05) is 41.2 Å². The second-order valence-corrected chi connectivity index (χ2v) is 8.81. The first-order valence-electron chi connectivity index (χ1n) is 11.0. The number of imidazole rings is 1. The molecule has 1 aromatic heterocycles. The van der Waals surface area contributed by atoms with E-state index < -0.39 is 0 Å². The van der Waals surface area contributed by atoms with Gasteiger partial charge in [0.05, 0.1) is 24.5 Å². The molecule has 0 amide bonds. The Morgan fingerprint density at radius 1 is 0.903 bits per heavy atom. The van der Waals surface area contributed by atoms with Crippen LogP contribution in [-0.2, 0) is 13.1 Å². The average molecular weight is 454 g/mol. The first kappa shape index (κ1) is 20.5. The SMILES string of the molecule is CCN1C(=CC=C2CCn3c2[n+](CC)c2ccc(Cl)cc23)N(CC)c2cc(Cl)ccc21. The van der Waals surface area contributed by atoms with Crippen molar-refractivity contribution >= 4 is 51.2 Å². The monoisotopic (exact) mass is 453 g/mol. The molecular weight excluding hydrogens is 427 g/mol. The summed E-state index contributed by atoms with van der Waals surface area (Å²) in [5.41, 5.74) is 6.22. The van der Waals surface area contributed by atoms with E-state index in [1.54, 1.807) is 0 Å². The van der Waals surface area contributed by atoms with Gasteiger partial charge in [-0.15, -0.1) is 0 Å². The van der Waals surface area contributed by atoms with Crippen molar-refractivity contribution in [3.05, 3.63) is 70.2 Å². The van der Waals surface area contributed by atoms with Crippen LogP contribution in [0.4, 0.5) is 11.4 Å². The zero-order chi connectivity index (χ0) is 21.7. The van der Waals surface area contributed by atoms with E-state index in [4.69, 9.17) is 23.2 Å². The van der Waals surface area contributed by atoms with Crippen molar-refractivity contribution < 1.29 is 4.57 Å². The van der Waals surface area contributed by atoms with Gasteiger partial charge in [-0.05, 0) is 63.3 Å². The molecule has 2 aromatic carbocycles. The Morgan fingerprint density at radius 2 is 1.61 bits per heavy atom. The molecule has 0 spiro atoms. The second kappa shape index (κ2) is 7.92. The summed E-state index contributed by atoms with van der Waals surface area (Å²) >= 11 is 12.6. The van der Waals surface area contributed by atoms with Gasteiger partial charge < -0.3 is 9.80 Å². The summed E-state index contributed by atoms with van der Waals surface area (Å²) < 4.78 is 4.81. The number of anilines is 2. The standard InChI is InChI=1S/C25H27Cl2N4/c1-4-28-20-10-8-18(26)15-22(20)29(5-2)24(28)12-7-17-13-14-31-23-16-19(27)9-11-21(23)30(6-3)25(17)31/h7-12,15-16H,4-6,13-14H2,1-3H3/q+1. The molecule has 3 heterocycles. The summed E-state index contributed by atoms with van der Waals surface area (Å²) in [4.78, 5) is 4.71. The lowest BCUT2D eigenvalue weighted by Crippen LogP contribution is -2.35.